The van der Waals surface area contributed by atoms with Crippen molar-refractivity contribution in [2.24, 2.45) is 0 Å². The van der Waals surface area contributed by atoms with Crippen molar-refractivity contribution in [1.82, 2.24) is 30.0 Å². The number of rotatable bonds is 6. The maximum Gasteiger partial charge on any atom is 0.315 e. The van der Waals surface area contributed by atoms with E-state index in [-0.39, 0.29) is 12.1 Å². The number of carbonyl (C=O) groups excluding carboxylic acids is 1. The SMILES string of the molecule is Cc1nn(-c2ccccc2)c(C)c1CNC(=O)NC(C)c1ccc(-n2ccnc2)cc1. The number of aromatic nitrogens is 4. The molecule has 0 aliphatic rings. The lowest BCUT2D eigenvalue weighted by Crippen LogP contribution is -2.36. The van der Waals surface area contributed by atoms with Crippen molar-refractivity contribution in [3.63, 3.8) is 0 Å². The van der Waals surface area contributed by atoms with Gasteiger partial charge in [0, 0.05) is 35.9 Å². The van der Waals surface area contributed by atoms with Crippen molar-refractivity contribution in [3.05, 3.63) is 95.8 Å². The van der Waals surface area contributed by atoms with E-state index in [1.807, 2.05) is 90.8 Å². The molecule has 158 valence electrons. The van der Waals surface area contributed by atoms with Gasteiger partial charge in [0.15, 0.2) is 0 Å². The molecular weight excluding hydrogens is 388 g/mol. The number of nitrogens with zero attached hydrogens (tertiary/aromatic N) is 4. The number of aryl methyl sites for hydroxylation is 1. The van der Waals surface area contributed by atoms with Gasteiger partial charge in [-0.1, -0.05) is 30.3 Å². The molecule has 4 aromatic rings. The highest BCUT2D eigenvalue weighted by Gasteiger charge is 2.15. The summed E-state index contributed by atoms with van der Waals surface area (Å²) >= 11 is 0. The summed E-state index contributed by atoms with van der Waals surface area (Å²) < 4.78 is 3.85. The van der Waals surface area contributed by atoms with Crippen LogP contribution in [0.15, 0.2) is 73.3 Å². The molecule has 1 unspecified atom stereocenters. The molecule has 0 bridgehead atoms. The van der Waals surface area contributed by atoms with E-state index in [0.717, 1.165) is 33.9 Å². The van der Waals surface area contributed by atoms with Gasteiger partial charge >= 0.3 is 6.03 Å². The zero-order chi connectivity index (χ0) is 21.8. The average Bonchev–Trinajstić information content (AvgIpc) is 3.42. The summed E-state index contributed by atoms with van der Waals surface area (Å²) in [6.07, 6.45) is 5.40. The number of benzene rings is 2. The molecule has 7 heteroatoms. The van der Waals surface area contributed by atoms with Gasteiger partial charge in [-0.15, -0.1) is 0 Å². The van der Waals surface area contributed by atoms with Crippen molar-refractivity contribution >= 4 is 6.03 Å². The molecule has 0 saturated heterocycles. The van der Waals surface area contributed by atoms with Crippen molar-refractivity contribution in [1.29, 1.82) is 0 Å². The summed E-state index contributed by atoms with van der Waals surface area (Å²) in [5.41, 5.74) is 6.02. The number of imidazole rings is 1. The van der Waals surface area contributed by atoms with Crippen LogP contribution in [-0.2, 0) is 6.54 Å². The first-order valence-electron chi connectivity index (χ1n) is 10.3. The second-order valence-corrected chi connectivity index (χ2v) is 7.51. The van der Waals surface area contributed by atoms with Crippen LogP contribution in [0.5, 0.6) is 0 Å². The van der Waals surface area contributed by atoms with E-state index in [4.69, 9.17) is 0 Å². The normalized spacial score (nSPS) is 11.8. The largest absolute Gasteiger partial charge is 0.334 e. The van der Waals surface area contributed by atoms with E-state index in [2.05, 4.69) is 20.7 Å². The van der Waals surface area contributed by atoms with Crippen LogP contribution in [0.2, 0.25) is 0 Å². The lowest BCUT2D eigenvalue weighted by Gasteiger charge is -2.16. The van der Waals surface area contributed by atoms with Gasteiger partial charge in [-0.05, 0) is 50.6 Å². The van der Waals surface area contributed by atoms with E-state index in [9.17, 15) is 4.79 Å². The second-order valence-electron chi connectivity index (χ2n) is 7.51. The molecule has 2 heterocycles. The minimum atomic E-state index is -0.211. The second kappa shape index (κ2) is 8.87. The molecule has 0 radical (unpaired) electrons. The maximum absolute atomic E-state index is 12.5. The maximum atomic E-state index is 12.5. The molecule has 0 aliphatic carbocycles. The van der Waals surface area contributed by atoms with E-state index >= 15 is 0 Å². The van der Waals surface area contributed by atoms with Crippen LogP contribution in [0.3, 0.4) is 0 Å². The third kappa shape index (κ3) is 4.50. The Balaban J connectivity index is 1.37. The van der Waals surface area contributed by atoms with Crippen LogP contribution >= 0.6 is 0 Å². The Morgan fingerprint density at radius 2 is 1.77 bits per heavy atom. The predicted molar refractivity (Wildman–Crippen MR) is 120 cm³/mol. The first-order valence-corrected chi connectivity index (χ1v) is 10.3. The van der Waals surface area contributed by atoms with Gasteiger partial charge in [0.25, 0.3) is 0 Å². The summed E-state index contributed by atoms with van der Waals surface area (Å²) in [5.74, 6) is 0. The molecule has 0 fully saturated rings. The molecule has 4 rings (SSSR count). The summed E-state index contributed by atoms with van der Waals surface area (Å²) in [7, 11) is 0. The Kier molecular flexibility index (Phi) is 5.84. The summed E-state index contributed by atoms with van der Waals surface area (Å²) in [6.45, 7) is 6.37. The lowest BCUT2D eigenvalue weighted by atomic mass is 10.1. The van der Waals surface area contributed by atoms with E-state index in [0.29, 0.717) is 6.54 Å². The van der Waals surface area contributed by atoms with Gasteiger partial charge in [0.05, 0.1) is 23.8 Å². The van der Waals surface area contributed by atoms with Crippen molar-refractivity contribution in [2.75, 3.05) is 0 Å². The smallest absolute Gasteiger partial charge is 0.315 e. The third-order valence-corrected chi connectivity index (χ3v) is 5.41. The Morgan fingerprint density at radius 1 is 1.03 bits per heavy atom. The van der Waals surface area contributed by atoms with Crippen molar-refractivity contribution in [2.45, 2.75) is 33.4 Å². The number of nitrogens with one attached hydrogen (secondary N) is 2. The van der Waals surface area contributed by atoms with Gasteiger partial charge in [-0.3, -0.25) is 0 Å². The Hall–Kier alpha value is -3.87. The lowest BCUT2D eigenvalue weighted by molar-refractivity contribution is 0.237. The van der Waals surface area contributed by atoms with Crippen LogP contribution in [0.4, 0.5) is 4.79 Å². The highest BCUT2D eigenvalue weighted by Crippen LogP contribution is 2.18. The van der Waals surface area contributed by atoms with Crippen LogP contribution < -0.4 is 10.6 Å². The molecule has 2 aromatic heterocycles. The monoisotopic (exact) mass is 414 g/mol. The number of para-hydroxylation sites is 1. The summed E-state index contributed by atoms with van der Waals surface area (Å²) in [5, 5.41) is 10.6. The molecule has 31 heavy (non-hydrogen) atoms. The molecule has 7 nitrogen and oxygen atoms in total. The molecule has 0 saturated carbocycles. The van der Waals surface area contributed by atoms with Crippen LogP contribution in [-0.4, -0.2) is 25.4 Å². The molecular formula is C24H26N6O. The first kappa shape index (κ1) is 20.4. The fraction of sp³-hybridized carbons (Fsp3) is 0.208. The highest BCUT2D eigenvalue weighted by atomic mass is 16.2. The number of hydrogen-bond donors (Lipinski definition) is 2. The molecule has 0 spiro atoms. The molecule has 0 aliphatic heterocycles. The van der Waals surface area contributed by atoms with E-state index in [1.54, 1.807) is 12.5 Å². The number of hydrogen-bond acceptors (Lipinski definition) is 3. The van der Waals surface area contributed by atoms with Gasteiger partial charge in [-0.25, -0.2) is 14.5 Å². The van der Waals surface area contributed by atoms with E-state index in [1.165, 1.54) is 0 Å². The quantitative estimate of drug-likeness (QED) is 0.496. The Bertz CT molecular complexity index is 1150. The van der Waals surface area contributed by atoms with Crippen molar-refractivity contribution < 1.29 is 4.79 Å². The van der Waals surface area contributed by atoms with Crippen LogP contribution in [0.25, 0.3) is 11.4 Å². The van der Waals surface area contributed by atoms with Crippen LogP contribution in [0.1, 0.15) is 35.5 Å². The number of urea groups is 1. The van der Waals surface area contributed by atoms with Gasteiger partial charge < -0.3 is 15.2 Å². The topological polar surface area (TPSA) is 76.8 Å². The summed E-state index contributed by atoms with van der Waals surface area (Å²) in [6, 6.07) is 17.7. The molecule has 2 aromatic carbocycles. The van der Waals surface area contributed by atoms with Gasteiger partial charge in [-0.2, -0.15) is 5.10 Å². The summed E-state index contributed by atoms with van der Waals surface area (Å²) in [4.78, 5) is 16.6. The number of amides is 2. The standard InChI is InChI=1S/C24H26N6O/c1-17(20-9-11-21(12-10-20)29-14-13-25-16-29)27-24(31)26-15-23-18(2)28-30(19(23)3)22-7-5-4-6-8-22/h4-14,16-17H,15H2,1-3H3,(H2,26,27,31). The zero-order valence-corrected chi connectivity index (χ0v) is 17.9. The number of carbonyl (C=O) groups is 1. The fourth-order valence-electron chi connectivity index (χ4n) is 3.60. The average molecular weight is 415 g/mol. The van der Waals surface area contributed by atoms with Gasteiger partial charge in [0.2, 0.25) is 0 Å². The molecule has 2 amide bonds. The predicted octanol–water partition coefficient (Wildman–Crippen LogP) is 4.24. The van der Waals surface area contributed by atoms with Crippen LogP contribution in [0, 0.1) is 13.8 Å². The van der Waals surface area contributed by atoms with Crippen molar-refractivity contribution in [3.8, 4) is 11.4 Å². The van der Waals surface area contributed by atoms with E-state index < -0.39 is 0 Å². The van der Waals surface area contributed by atoms with Gasteiger partial charge in [0.1, 0.15) is 0 Å². The molecule has 2 N–H and O–H groups in total. The Morgan fingerprint density at radius 3 is 2.45 bits per heavy atom. The Labute approximate surface area is 181 Å². The minimum absolute atomic E-state index is 0.119. The highest BCUT2D eigenvalue weighted by molar-refractivity contribution is 5.74. The third-order valence-electron chi connectivity index (χ3n) is 5.41. The minimum Gasteiger partial charge on any atom is -0.334 e. The molecule has 1 atom stereocenters. The fourth-order valence-corrected chi connectivity index (χ4v) is 3.60. The zero-order valence-electron chi connectivity index (χ0n) is 17.9. The first-order chi connectivity index (χ1) is 15.0.